The van der Waals surface area contributed by atoms with Gasteiger partial charge in [-0.2, -0.15) is 0 Å². The summed E-state index contributed by atoms with van der Waals surface area (Å²) in [5, 5.41) is 11.1. The highest BCUT2D eigenvalue weighted by Gasteiger charge is 2.17. The van der Waals surface area contributed by atoms with Crippen molar-refractivity contribution in [3.63, 3.8) is 0 Å². The van der Waals surface area contributed by atoms with Crippen molar-refractivity contribution >= 4 is 34.1 Å². The predicted molar refractivity (Wildman–Crippen MR) is 90.7 cm³/mol. The Labute approximate surface area is 137 Å². The third-order valence-electron chi connectivity index (χ3n) is 2.63. The van der Waals surface area contributed by atoms with Gasteiger partial charge in [-0.05, 0) is 31.5 Å². The number of carbonyl (C=O) groups excluding carboxylic acids is 1. The molecule has 22 heavy (non-hydrogen) atoms. The number of thioether (sulfide) groups is 1. The lowest BCUT2D eigenvalue weighted by atomic mass is 10.2. The van der Waals surface area contributed by atoms with Gasteiger partial charge in [-0.3, -0.25) is 10.1 Å². The van der Waals surface area contributed by atoms with Crippen LogP contribution < -0.4 is 10.1 Å². The second-order valence-corrected chi connectivity index (χ2v) is 6.78. The molecule has 1 amide bonds. The first-order valence-corrected chi connectivity index (χ1v) is 8.50. The molecule has 1 aromatic heterocycles. The van der Waals surface area contributed by atoms with E-state index < -0.39 is 6.10 Å². The first kappa shape index (κ1) is 16.5. The smallest absolute Gasteiger partial charge is 0.266 e. The Bertz CT molecular complexity index is 658. The first-order valence-electron chi connectivity index (χ1n) is 6.70. The zero-order chi connectivity index (χ0) is 15.9. The maximum Gasteiger partial charge on any atom is 0.266 e. The summed E-state index contributed by atoms with van der Waals surface area (Å²) in [6.45, 7) is 7.32. The number of aryl methyl sites for hydroxylation is 1. The van der Waals surface area contributed by atoms with Crippen LogP contribution in [-0.2, 0) is 4.79 Å². The largest absolute Gasteiger partial charge is 0.481 e. The van der Waals surface area contributed by atoms with Crippen LogP contribution in [0.25, 0.3) is 0 Å². The van der Waals surface area contributed by atoms with Crippen LogP contribution in [0.2, 0.25) is 0 Å². The van der Waals surface area contributed by atoms with Crippen LogP contribution in [0.4, 0.5) is 5.13 Å². The molecule has 1 aromatic carbocycles. The highest BCUT2D eigenvalue weighted by molar-refractivity contribution is 8.01. The average molecular weight is 335 g/mol. The average Bonchev–Trinajstić information content (AvgIpc) is 2.92. The number of hydrogen-bond acceptors (Lipinski definition) is 6. The predicted octanol–water partition coefficient (Wildman–Crippen LogP) is 3.53. The van der Waals surface area contributed by atoms with E-state index in [0.29, 0.717) is 10.9 Å². The molecule has 0 saturated heterocycles. The molecule has 5 nitrogen and oxygen atoms in total. The van der Waals surface area contributed by atoms with Gasteiger partial charge in [0, 0.05) is 5.75 Å². The van der Waals surface area contributed by atoms with Gasteiger partial charge in [-0.1, -0.05) is 41.3 Å². The molecule has 2 aromatic rings. The number of rotatable bonds is 7. The number of aromatic nitrogens is 2. The molecule has 0 saturated carbocycles. The van der Waals surface area contributed by atoms with Gasteiger partial charge in [0.2, 0.25) is 5.13 Å². The van der Waals surface area contributed by atoms with Crippen LogP contribution in [0.15, 0.2) is 41.3 Å². The molecule has 1 unspecified atom stereocenters. The molecule has 2 rings (SSSR count). The van der Waals surface area contributed by atoms with Gasteiger partial charge < -0.3 is 4.74 Å². The second kappa shape index (κ2) is 7.95. The van der Waals surface area contributed by atoms with Crippen LogP contribution in [0.5, 0.6) is 5.75 Å². The number of anilines is 1. The molecular weight excluding hydrogens is 318 g/mol. The number of nitrogens with one attached hydrogen (secondary N) is 1. The summed E-state index contributed by atoms with van der Waals surface area (Å²) < 4.78 is 6.42. The van der Waals surface area contributed by atoms with E-state index in [2.05, 4.69) is 22.1 Å². The van der Waals surface area contributed by atoms with E-state index in [9.17, 15) is 4.79 Å². The highest BCUT2D eigenvalue weighted by Crippen LogP contribution is 2.25. The fraction of sp³-hybridized carbons (Fsp3) is 0.267. The van der Waals surface area contributed by atoms with Crippen molar-refractivity contribution in [3.05, 3.63) is 42.5 Å². The molecule has 0 aliphatic carbocycles. The minimum absolute atomic E-state index is 0.252. The van der Waals surface area contributed by atoms with Gasteiger partial charge in [-0.25, -0.2) is 0 Å². The molecule has 0 spiro atoms. The monoisotopic (exact) mass is 335 g/mol. The molecule has 1 heterocycles. The Morgan fingerprint density at radius 3 is 3.09 bits per heavy atom. The first-order chi connectivity index (χ1) is 10.6. The number of nitrogens with zero attached hydrogens (tertiary/aromatic N) is 2. The molecule has 0 radical (unpaired) electrons. The summed E-state index contributed by atoms with van der Waals surface area (Å²) >= 11 is 2.86. The highest BCUT2D eigenvalue weighted by atomic mass is 32.2. The topological polar surface area (TPSA) is 64.1 Å². The van der Waals surface area contributed by atoms with Gasteiger partial charge in [0.25, 0.3) is 5.91 Å². The van der Waals surface area contributed by atoms with Crippen molar-refractivity contribution in [2.24, 2.45) is 0 Å². The molecule has 116 valence electrons. The van der Waals surface area contributed by atoms with Crippen LogP contribution in [0, 0.1) is 6.92 Å². The van der Waals surface area contributed by atoms with E-state index in [1.54, 1.807) is 13.0 Å². The molecule has 0 bridgehead atoms. The van der Waals surface area contributed by atoms with Crippen molar-refractivity contribution in [1.29, 1.82) is 0 Å². The summed E-state index contributed by atoms with van der Waals surface area (Å²) in [6.07, 6.45) is 1.18. The molecule has 1 N–H and O–H groups in total. The van der Waals surface area contributed by atoms with Gasteiger partial charge in [-0.15, -0.1) is 16.8 Å². The van der Waals surface area contributed by atoms with E-state index in [-0.39, 0.29) is 5.91 Å². The van der Waals surface area contributed by atoms with E-state index >= 15 is 0 Å². The van der Waals surface area contributed by atoms with Gasteiger partial charge >= 0.3 is 0 Å². The lowest BCUT2D eigenvalue weighted by molar-refractivity contribution is -0.122. The zero-order valence-corrected chi connectivity index (χ0v) is 14.0. The van der Waals surface area contributed by atoms with Crippen molar-refractivity contribution in [1.82, 2.24) is 10.2 Å². The van der Waals surface area contributed by atoms with Gasteiger partial charge in [0.05, 0.1) is 0 Å². The standard InChI is InChI=1S/C15H17N3O2S2/c1-4-8-21-15-18-17-14(22-15)16-13(19)11(3)20-12-7-5-6-10(2)9-12/h4-7,9,11H,1,8H2,2-3H3,(H,16,17,19). The Hall–Kier alpha value is -1.86. The van der Waals surface area contributed by atoms with E-state index in [4.69, 9.17) is 4.74 Å². The normalized spacial score (nSPS) is 11.7. The SMILES string of the molecule is C=CCSc1nnc(NC(=O)C(C)Oc2cccc(C)c2)s1. The van der Waals surface area contributed by atoms with Crippen LogP contribution in [0.3, 0.4) is 0 Å². The molecule has 7 heteroatoms. The van der Waals surface area contributed by atoms with E-state index in [1.807, 2.05) is 31.2 Å². The van der Waals surface area contributed by atoms with Crippen molar-refractivity contribution in [2.75, 3.05) is 11.1 Å². The molecule has 0 fully saturated rings. The Morgan fingerprint density at radius 1 is 1.55 bits per heavy atom. The molecule has 0 aliphatic heterocycles. The number of carbonyl (C=O) groups is 1. The number of benzene rings is 1. The van der Waals surface area contributed by atoms with Gasteiger partial charge in [0.15, 0.2) is 10.4 Å². The van der Waals surface area contributed by atoms with Crippen molar-refractivity contribution in [2.45, 2.75) is 24.3 Å². The Morgan fingerprint density at radius 2 is 2.36 bits per heavy atom. The Balaban J connectivity index is 1.90. The number of amides is 1. The zero-order valence-electron chi connectivity index (χ0n) is 12.4. The second-order valence-electron chi connectivity index (χ2n) is 4.54. The van der Waals surface area contributed by atoms with Crippen LogP contribution >= 0.6 is 23.1 Å². The maximum atomic E-state index is 12.1. The minimum atomic E-state index is -0.616. The lowest BCUT2D eigenvalue weighted by Crippen LogP contribution is -2.30. The number of hydrogen-bond donors (Lipinski definition) is 1. The summed E-state index contributed by atoms with van der Waals surface area (Å²) in [6, 6.07) is 7.58. The fourth-order valence-corrected chi connectivity index (χ4v) is 3.12. The van der Waals surface area contributed by atoms with E-state index in [0.717, 1.165) is 15.7 Å². The van der Waals surface area contributed by atoms with Crippen molar-refractivity contribution < 1.29 is 9.53 Å². The molecular formula is C15H17N3O2S2. The summed E-state index contributed by atoms with van der Waals surface area (Å²) in [7, 11) is 0. The maximum absolute atomic E-state index is 12.1. The van der Waals surface area contributed by atoms with Gasteiger partial charge in [0.1, 0.15) is 5.75 Å². The summed E-state index contributed by atoms with van der Waals surface area (Å²) in [5.74, 6) is 1.18. The fourth-order valence-electron chi connectivity index (χ4n) is 1.60. The molecule has 0 aliphatic rings. The van der Waals surface area contributed by atoms with Crippen LogP contribution in [-0.4, -0.2) is 28.0 Å². The minimum Gasteiger partial charge on any atom is -0.481 e. The Kier molecular flexibility index (Phi) is 5.97. The van der Waals surface area contributed by atoms with Crippen LogP contribution in [0.1, 0.15) is 12.5 Å². The molecule has 1 atom stereocenters. The lowest BCUT2D eigenvalue weighted by Gasteiger charge is -2.13. The quantitative estimate of drug-likeness (QED) is 0.476. The summed E-state index contributed by atoms with van der Waals surface area (Å²) in [4.78, 5) is 12.1. The third kappa shape index (κ3) is 4.85. The third-order valence-corrected chi connectivity index (χ3v) is 4.60. The summed E-state index contributed by atoms with van der Waals surface area (Å²) in [5.41, 5.74) is 1.08. The number of ether oxygens (including phenoxy) is 1. The van der Waals surface area contributed by atoms with E-state index in [1.165, 1.54) is 23.1 Å². The van der Waals surface area contributed by atoms with Crippen molar-refractivity contribution in [3.8, 4) is 5.75 Å².